The van der Waals surface area contributed by atoms with Gasteiger partial charge >= 0.3 is 0 Å². The molecule has 1 heteroatoms. The van der Waals surface area contributed by atoms with Crippen LogP contribution in [0.25, 0.3) is 44.2 Å². The average molecular weight is 564 g/mol. The molecule has 0 aromatic heterocycles. The van der Waals surface area contributed by atoms with Gasteiger partial charge in [-0.3, -0.25) is 0 Å². The predicted molar refractivity (Wildman–Crippen MR) is 187 cm³/mol. The van der Waals surface area contributed by atoms with Gasteiger partial charge in [-0.05, 0) is 91.7 Å². The topological polar surface area (TPSA) is 3.24 Å². The minimum absolute atomic E-state index is 0.123. The van der Waals surface area contributed by atoms with E-state index in [0.717, 1.165) is 17.1 Å². The second kappa shape index (κ2) is 10.4. The van der Waals surface area contributed by atoms with Crippen LogP contribution in [0.2, 0.25) is 0 Å². The lowest BCUT2D eigenvalue weighted by molar-refractivity contribution is 0.666. The van der Waals surface area contributed by atoms with Crippen LogP contribution in [0.3, 0.4) is 0 Å². The minimum Gasteiger partial charge on any atom is -0.310 e. The Kier molecular flexibility index (Phi) is 6.20. The Morgan fingerprint density at radius 1 is 0.409 bits per heavy atom. The Bertz CT molecular complexity index is 2020. The van der Waals surface area contributed by atoms with Crippen LogP contribution in [0.1, 0.15) is 25.0 Å². The highest BCUT2D eigenvalue weighted by molar-refractivity contribution is 5.98. The molecule has 0 atom stereocenters. The van der Waals surface area contributed by atoms with Crippen molar-refractivity contribution in [3.63, 3.8) is 0 Å². The van der Waals surface area contributed by atoms with E-state index >= 15 is 0 Å². The third-order valence-corrected chi connectivity index (χ3v) is 9.24. The number of fused-ring (bicyclic) bond motifs is 5. The minimum atomic E-state index is -0.123. The number of benzene rings is 7. The molecule has 0 saturated carbocycles. The molecule has 1 aliphatic rings. The van der Waals surface area contributed by atoms with E-state index < -0.39 is 0 Å². The Balaban J connectivity index is 1.26. The van der Waals surface area contributed by atoms with E-state index in [0.29, 0.717) is 0 Å². The van der Waals surface area contributed by atoms with Crippen LogP contribution < -0.4 is 4.90 Å². The Morgan fingerprint density at radius 2 is 0.886 bits per heavy atom. The van der Waals surface area contributed by atoms with Gasteiger partial charge < -0.3 is 4.90 Å². The number of rotatable bonds is 5. The molecule has 0 bridgehead atoms. The monoisotopic (exact) mass is 563 g/mol. The van der Waals surface area contributed by atoms with E-state index in [1.165, 1.54) is 55.3 Å². The maximum atomic E-state index is 2.42. The van der Waals surface area contributed by atoms with Crippen molar-refractivity contribution >= 4 is 27.8 Å². The van der Waals surface area contributed by atoms with Crippen molar-refractivity contribution in [1.82, 2.24) is 0 Å². The first-order valence-electron chi connectivity index (χ1n) is 15.4. The fraction of sp³-hybridized carbons (Fsp3) is 0.0698. The van der Waals surface area contributed by atoms with Gasteiger partial charge in [0, 0.05) is 22.5 Å². The van der Waals surface area contributed by atoms with E-state index in [2.05, 4.69) is 183 Å². The summed E-state index contributed by atoms with van der Waals surface area (Å²) in [4.78, 5) is 2.39. The zero-order valence-corrected chi connectivity index (χ0v) is 25.0. The number of hydrogen-bond donors (Lipinski definition) is 0. The first kappa shape index (κ1) is 26.2. The largest absolute Gasteiger partial charge is 0.310 e. The van der Waals surface area contributed by atoms with Crippen molar-refractivity contribution in [2.45, 2.75) is 19.3 Å². The molecule has 210 valence electrons. The van der Waals surface area contributed by atoms with Crippen molar-refractivity contribution < 1.29 is 0 Å². The van der Waals surface area contributed by atoms with Gasteiger partial charge in [-0.15, -0.1) is 0 Å². The Labute approximate surface area is 259 Å². The Hall–Kier alpha value is -5.40. The summed E-state index contributed by atoms with van der Waals surface area (Å²) < 4.78 is 0. The third-order valence-electron chi connectivity index (χ3n) is 9.24. The summed E-state index contributed by atoms with van der Waals surface area (Å²) in [5.74, 6) is 0. The maximum Gasteiger partial charge on any atom is 0.0465 e. The molecule has 0 heterocycles. The molecule has 0 radical (unpaired) electrons. The zero-order valence-electron chi connectivity index (χ0n) is 25.0. The van der Waals surface area contributed by atoms with Crippen molar-refractivity contribution in [3.05, 3.63) is 175 Å². The molecule has 7 aromatic rings. The lowest BCUT2D eigenvalue weighted by Gasteiger charge is -2.28. The van der Waals surface area contributed by atoms with E-state index in [4.69, 9.17) is 0 Å². The third kappa shape index (κ3) is 4.32. The van der Waals surface area contributed by atoms with Gasteiger partial charge in [-0.25, -0.2) is 0 Å². The van der Waals surface area contributed by atoms with Crippen LogP contribution in [-0.4, -0.2) is 0 Å². The fourth-order valence-corrected chi connectivity index (χ4v) is 7.04. The molecule has 0 unspecified atom stereocenters. The molecule has 0 amide bonds. The van der Waals surface area contributed by atoms with Gasteiger partial charge in [0.1, 0.15) is 0 Å². The summed E-state index contributed by atoms with van der Waals surface area (Å²) in [6.45, 7) is 4.75. The molecule has 0 saturated heterocycles. The maximum absolute atomic E-state index is 2.42. The molecule has 8 rings (SSSR count). The second-order valence-corrected chi connectivity index (χ2v) is 12.2. The average Bonchev–Trinajstić information content (AvgIpc) is 3.32. The highest BCUT2D eigenvalue weighted by Crippen LogP contribution is 2.53. The fourth-order valence-electron chi connectivity index (χ4n) is 7.04. The van der Waals surface area contributed by atoms with Crippen LogP contribution in [0, 0.1) is 0 Å². The lowest BCUT2D eigenvalue weighted by atomic mass is 9.80. The molecule has 1 aliphatic carbocycles. The first-order valence-corrected chi connectivity index (χ1v) is 15.4. The SMILES string of the molecule is CC1(C)c2cc(N(c3ccc(-c4ccccc4)cc3)c3ccc(-c4ccccc4)cc3)ccc2-c2ccc3ccccc3c21. The summed E-state index contributed by atoms with van der Waals surface area (Å²) in [5.41, 5.74) is 13.7. The van der Waals surface area contributed by atoms with E-state index in [1.807, 2.05) is 0 Å². The highest BCUT2D eigenvalue weighted by Gasteiger charge is 2.37. The summed E-state index contributed by atoms with van der Waals surface area (Å²) in [6.07, 6.45) is 0. The van der Waals surface area contributed by atoms with Gasteiger partial charge in [-0.1, -0.05) is 141 Å². The molecule has 1 nitrogen and oxygen atoms in total. The van der Waals surface area contributed by atoms with Gasteiger partial charge in [-0.2, -0.15) is 0 Å². The summed E-state index contributed by atoms with van der Waals surface area (Å²) in [7, 11) is 0. The first-order chi connectivity index (χ1) is 21.6. The smallest absolute Gasteiger partial charge is 0.0465 e. The van der Waals surface area contributed by atoms with Crippen molar-refractivity contribution in [3.8, 4) is 33.4 Å². The summed E-state index contributed by atoms with van der Waals surface area (Å²) in [6, 6.07) is 59.5. The van der Waals surface area contributed by atoms with Gasteiger partial charge in [0.25, 0.3) is 0 Å². The van der Waals surface area contributed by atoms with Crippen LogP contribution in [-0.2, 0) is 5.41 Å². The van der Waals surface area contributed by atoms with Crippen LogP contribution in [0.4, 0.5) is 17.1 Å². The predicted octanol–water partition coefficient (Wildman–Crippen LogP) is 11.9. The van der Waals surface area contributed by atoms with Gasteiger partial charge in [0.2, 0.25) is 0 Å². The lowest BCUT2D eigenvalue weighted by Crippen LogP contribution is -2.17. The van der Waals surface area contributed by atoms with Crippen molar-refractivity contribution in [2.24, 2.45) is 0 Å². The summed E-state index contributed by atoms with van der Waals surface area (Å²) in [5, 5.41) is 2.64. The Morgan fingerprint density at radius 3 is 1.48 bits per heavy atom. The molecule has 0 aliphatic heterocycles. The van der Waals surface area contributed by atoms with Crippen LogP contribution in [0.15, 0.2) is 164 Å². The number of hydrogen-bond acceptors (Lipinski definition) is 1. The molecule has 0 N–H and O–H groups in total. The normalized spacial score (nSPS) is 13.0. The molecule has 7 aromatic carbocycles. The van der Waals surface area contributed by atoms with Crippen LogP contribution in [0.5, 0.6) is 0 Å². The molecule has 0 spiro atoms. The number of nitrogens with zero attached hydrogens (tertiary/aromatic N) is 1. The van der Waals surface area contributed by atoms with Crippen molar-refractivity contribution in [2.75, 3.05) is 4.90 Å². The molecular formula is C43H33N. The van der Waals surface area contributed by atoms with E-state index in [-0.39, 0.29) is 5.41 Å². The molecule has 0 fully saturated rings. The van der Waals surface area contributed by atoms with Gasteiger partial charge in [0.15, 0.2) is 0 Å². The van der Waals surface area contributed by atoms with Crippen molar-refractivity contribution in [1.29, 1.82) is 0 Å². The van der Waals surface area contributed by atoms with E-state index in [1.54, 1.807) is 0 Å². The molecule has 44 heavy (non-hydrogen) atoms. The van der Waals surface area contributed by atoms with Crippen LogP contribution >= 0.6 is 0 Å². The quantitative estimate of drug-likeness (QED) is 0.201. The highest BCUT2D eigenvalue weighted by atomic mass is 15.1. The second-order valence-electron chi connectivity index (χ2n) is 12.2. The van der Waals surface area contributed by atoms with E-state index in [9.17, 15) is 0 Å². The zero-order chi connectivity index (χ0) is 29.7. The molecular weight excluding hydrogens is 530 g/mol. The standard InChI is InChI=1S/C43H33N/c1-43(2)41-29-37(26-28-39(41)40-27-21-34-15-9-10-16-38(34)42(40)43)44(35-22-17-32(18-23-35)30-11-5-3-6-12-30)36-24-19-33(20-25-36)31-13-7-4-8-14-31/h3-29H,1-2H3. The summed E-state index contributed by atoms with van der Waals surface area (Å²) >= 11 is 0. The number of anilines is 3. The van der Waals surface area contributed by atoms with Gasteiger partial charge in [0.05, 0.1) is 0 Å².